The summed E-state index contributed by atoms with van der Waals surface area (Å²) in [5, 5.41) is 0. The van der Waals surface area contributed by atoms with E-state index < -0.39 is 12.1 Å². The number of carbonyl (C=O) groups excluding carboxylic acids is 1. The molecule has 1 fully saturated rings. The van der Waals surface area contributed by atoms with Gasteiger partial charge in [-0.25, -0.2) is 9.18 Å². The average molecular weight is 523 g/mol. The first-order chi connectivity index (χ1) is 18.6. The second-order valence-corrected chi connectivity index (χ2v) is 11.5. The molecule has 0 unspecified atom stereocenters. The molecule has 1 aliphatic rings. The Morgan fingerprint density at radius 3 is 1.84 bits per heavy atom. The van der Waals surface area contributed by atoms with E-state index in [2.05, 4.69) is 55.5 Å². The van der Waals surface area contributed by atoms with Crippen LogP contribution in [0.4, 0.5) is 4.39 Å². The van der Waals surface area contributed by atoms with Crippen LogP contribution < -0.4 is 0 Å². The van der Waals surface area contributed by atoms with Crippen molar-refractivity contribution in [2.24, 2.45) is 5.92 Å². The molecule has 0 radical (unpaired) electrons. The molecule has 3 heteroatoms. The Morgan fingerprint density at radius 2 is 1.26 bits per heavy atom. The highest BCUT2D eigenvalue weighted by Gasteiger charge is 2.27. The number of hydrogen-bond donors (Lipinski definition) is 0. The second-order valence-electron chi connectivity index (χ2n) is 11.5. The lowest BCUT2D eigenvalue weighted by Crippen LogP contribution is -2.29. The Balaban J connectivity index is 1.33. The summed E-state index contributed by atoms with van der Waals surface area (Å²) in [6.07, 6.45) is 17.2. The SMILES string of the molecule is CCCCCCCCCc1ccc(-c2ccc(CC[C@H]3CC[C@H](OC(=O)[C@@H](F)CCCC)CC3)cc2)cc1. The van der Waals surface area contributed by atoms with Gasteiger partial charge in [-0.1, -0.05) is 114 Å². The predicted octanol–water partition coefficient (Wildman–Crippen LogP) is 10.2. The highest BCUT2D eigenvalue weighted by molar-refractivity contribution is 5.74. The molecule has 0 saturated heterocycles. The first kappa shape index (κ1) is 30.4. The summed E-state index contributed by atoms with van der Waals surface area (Å²) in [6.45, 7) is 4.28. The Labute approximate surface area is 231 Å². The zero-order chi connectivity index (χ0) is 27.0. The number of carbonyl (C=O) groups is 1. The third-order valence-electron chi connectivity index (χ3n) is 8.29. The van der Waals surface area contributed by atoms with Gasteiger partial charge in [0.05, 0.1) is 0 Å². The molecule has 0 N–H and O–H groups in total. The monoisotopic (exact) mass is 522 g/mol. The molecule has 1 saturated carbocycles. The first-order valence-electron chi connectivity index (χ1n) is 15.6. The number of unbranched alkanes of at least 4 members (excludes halogenated alkanes) is 7. The maximum absolute atomic E-state index is 13.9. The summed E-state index contributed by atoms with van der Waals surface area (Å²) in [7, 11) is 0. The minimum Gasteiger partial charge on any atom is -0.460 e. The van der Waals surface area contributed by atoms with E-state index in [1.54, 1.807) is 0 Å². The maximum Gasteiger partial charge on any atom is 0.340 e. The van der Waals surface area contributed by atoms with Gasteiger partial charge < -0.3 is 4.74 Å². The first-order valence-corrected chi connectivity index (χ1v) is 15.6. The van der Waals surface area contributed by atoms with Crippen LogP contribution in [0.2, 0.25) is 0 Å². The Morgan fingerprint density at radius 1 is 0.737 bits per heavy atom. The predicted molar refractivity (Wildman–Crippen MR) is 158 cm³/mol. The smallest absolute Gasteiger partial charge is 0.340 e. The van der Waals surface area contributed by atoms with Crippen LogP contribution in [0.25, 0.3) is 11.1 Å². The third-order valence-corrected chi connectivity index (χ3v) is 8.29. The number of benzene rings is 2. The molecule has 0 aromatic heterocycles. The van der Waals surface area contributed by atoms with Gasteiger partial charge in [-0.05, 0) is 86.0 Å². The number of alkyl halides is 1. The molecule has 2 aromatic rings. The highest BCUT2D eigenvalue weighted by atomic mass is 19.1. The van der Waals surface area contributed by atoms with E-state index in [0.29, 0.717) is 5.92 Å². The summed E-state index contributed by atoms with van der Waals surface area (Å²) in [5.74, 6) is 0.0135. The van der Waals surface area contributed by atoms with Gasteiger partial charge in [-0.15, -0.1) is 0 Å². The third kappa shape index (κ3) is 10.9. The molecule has 0 spiro atoms. The minimum atomic E-state index is -1.46. The molecular formula is C35H51FO2. The van der Waals surface area contributed by atoms with Crippen LogP contribution in [-0.4, -0.2) is 18.2 Å². The lowest BCUT2D eigenvalue weighted by Gasteiger charge is -2.28. The fourth-order valence-electron chi connectivity index (χ4n) is 5.66. The lowest BCUT2D eigenvalue weighted by atomic mass is 9.83. The zero-order valence-electron chi connectivity index (χ0n) is 24.1. The van der Waals surface area contributed by atoms with Crippen LogP contribution in [-0.2, 0) is 22.4 Å². The molecule has 2 aromatic carbocycles. The number of hydrogen-bond acceptors (Lipinski definition) is 2. The Hall–Kier alpha value is -2.16. The Kier molecular flexibility index (Phi) is 13.9. The summed E-state index contributed by atoms with van der Waals surface area (Å²) >= 11 is 0. The van der Waals surface area contributed by atoms with Gasteiger partial charge in [0.1, 0.15) is 6.10 Å². The molecule has 0 amide bonds. The standard InChI is InChI=1S/C35H51FO2/c1-3-5-7-8-9-10-11-12-28-16-22-31(23-17-28)32-24-18-29(19-25-32)14-15-30-20-26-33(27-21-30)38-35(37)34(36)13-6-4-2/h16-19,22-25,30,33-34H,3-15,20-21,26-27H2,1-2H3/t30-,33-,34-/m0/s1. The van der Waals surface area contributed by atoms with Gasteiger partial charge in [0.25, 0.3) is 0 Å². The molecule has 1 aliphatic carbocycles. The van der Waals surface area contributed by atoms with E-state index in [1.165, 1.54) is 73.6 Å². The molecule has 38 heavy (non-hydrogen) atoms. The molecule has 0 aliphatic heterocycles. The van der Waals surface area contributed by atoms with Crippen LogP contribution in [0.1, 0.15) is 121 Å². The molecule has 210 valence electrons. The van der Waals surface area contributed by atoms with Crippen molar-refractivity contribution in [2.45, 2.75) is 135 Å². The summed E-state index contributed by atoms with van der Waals surface area (Å²) in [6, 6.07) is 18.2. The molecular weight excluding hydrogens is 471 g/mol. The molecule has 0 bridgehead atoms. The molecule has 1 atom stereocenters. The van der Waals surface area contributed by atoms with E-state index in [4.69, 9.17) is 4.74 Å². The highest BCUT2D eigenvalue weighted by Crippen LogP contribution is 2.30. The normalized spacial score (nSPS) is 18.3. The van der Waals surface area contributed by atoms with Crippen LogP contribution in [0.5, 0.6) is 0 Å². The van der Waals surface area contributed by atoms with Crippen molar-refractivity contribution in [2.75, 3.05) is 0 Å². The van der Waals surface area contributed by atoms with Crippen molar-refractivity contribution in [1.82, 2.24) is 0 Å². The average Bonchev–Trinajstić information content (AvgIpc) is 2.95. The number of ether oxygens (including phenoxy) is 1. The fourth-order valence-corrected chi connectivity index (χ4v) is 5.66. The van der Waals surface area contributed by atoms with E-state index in [-0.39, 0.29) is 12.5 Å². The number of halogens is 1. The van der Waals surface area contributed by atoms with Gasteiger partial charge in [0.2, 0.25) is 0 Å². The van der Waals surface area contributed by atoms with Crippen molar-refractivity contribution in [1.29, 1.82) is 0 Å². The van der Waals surface area contributed by atoms with Crippen molar-refractivity contribution in [3.05, 3.63) is 59.7 Å². The van der Waals surface area contributed by atoms with E-state index in [1.807, 2.05) is 6.92 Å². The fraction of sp³-hybridized carbons (Fsp3) is 0.629. The zero-order valence-corrected chi connectivity index (χ0v) is 24.1. The summed E-state index contributed by atoms with van der Waals surface area (Å²) in [4.78, 5) is 11.9. The van der Waals surface area contributed by atoms with Gasteiger partial charge in [0, 0.05) is 0 Å². The van der Waals surface area contributed by atoms with Crippen LogP contribution in [0, 0.1) is 5.92 Å². The van der Waals surface area contributed by atoms with Crippen LogP contribution in [0.3, 0.4) is 0 Å². The van der Waals surface area contributed by atoms with E-state index >= 15 is 0 Å². The minimum absolute atomic E-state index is 0.0974. The summed E-state index contributed by atoms with van der Waals surface area (Å²) in [5.41, 5.74) is 5.40. The van der Waals surface area contributed by atoms with Crippen molar-refractivity contribution in [3.8, 4) is 11.1 Å². The molecule has 3 rings (SSSR count). The maximum atomic E-state index is 13.9. The van der Waals surface area contributed by atoms with Crippen molar-refractivity contribution < 1.29 is 13.9 Å². The van der Waals surface area contributed by atoms with Crippen molar-refractivity contribution in [3.63, 3.8) is 0 Å². The number of esters is 1. The lowest BCUT2D eigenvalue weighted by molar-refractivity contribution is -0.157. The molecule has 2 nitrogen and oxygen atoms in total. The Bertz CT molecular complexity index is 897. The quantitative estimate of drug-likeness (QED) is 0.153. The topological polar surface area (TPSA) is 26.3 Å². The number of aryl methyl sites for hydroxylation is 2. The van der Waals surface area contributed by atoms with Crippen LogP contribution >= 0.6 is 0 Å². The second kappa shape index (κ2) is 17.4. The van der Waals surface area contributed by atoms with Gasteiger partial charge in [0.15, 0.2) is 6.17 Å². The van der Waals surface area contributed by atoms with Crippen molar-refractivity contribution >= 4 is 5.97 Å². The summed E-state index contributed by atoms with van der Waals surface area (Å²) < 4.78 is 19.4. The largest absolute Gasteiger partial charge is 0.460 e. The number of rotatable bonds is 17. The van der Waals surface area contributed by atoms with Gasteiger partial charge >= 0.3 is 5.97 Å². The molecule has 0 heterocycles. The van der Waals surface area contributed by atoms with Gasteiger partial charge in [-0.2, -0.15) is 0 Å². The van der Waals surface area contributed by atoms with E-state index in [0.717, 1.165) is 51.4 Å². The van der Waals surface area contributed by atoms with E-state index in [9.17, 15) is 9.18 Å². The van der Waals surface area contributed by atoms with Gasteiger partial charge in [-0.3, -0.25) is 0 Å². The van der Waals surface area contributed by atoms with Crippen LogP contribution in [0.15, 0.2) is 48.5 Å².